The van der Waals surface area contributed by atoms with Gasteiger partial charge in [-0.2, -0.15) is 0 Å². The molecule has 0 saturated heterocycles. The minimum atomic E-state index is -0.130. The molecule has 0 spiro atoms. The van der Waals surface area contributed by atoms with E-state index in [1.165, 1.54) is 5.56 Å². The summed E-state index contributed by atoms with van der Waals surface area (Å²) < 4.78 is 5.92. The molecule has 0 saturated carbocycles. The second kappa shape index (κ2) is 4.14. The molecule has 6 heteroatoms. The molecule has 5 rings (SSSR count). The van der Waals surface area contributed by atoms with Gasteiger partial charge in [0, 0.05) is 23.9 Å². The van der Waals surface area contributed by atoms with Crippen LogP contribution in [0.15, 0.2) is 16.1 Å². The Bertz CT molecular complexity index is 865. The summed E-state index contributed by atoms with van der Waals surface area (Å²) in [4.78, 5) is 18.5. The van der Waals surface area contributed by atoms with Crippen molar-refractivity contribution in [3.05, 3.63) is 22.2 Å². The van der Waals surface area contributed by atoms with Crippen LogP contribution in [0.5, 0.6) is 0 Å². The van der Waals surface area contributed by atoms with E-state index in [1.54, 1.807) is 11.3 Å². The first-order chi connectivity index (χ1) is 10.6. The molecule has 3 aliphatic heterocycles. The third-order valence-corrected chi connectivity index (χ3v) is 5.53. The standard InChI is InChI=1S/C16H16N4OS/c1-16(2)6-11-9(7-21-16)5-10-12-13(22-15(10)19-11)14-17-3-4-20(14)8-18-12/h5,8H,3-4,6-7H2,1-2H3. The third kappa shape index (κ3) is 1.71. The van der Waals surface area contributed by atoms with Gasteiger partial charge in [0.25, 0.3) is 0 Å². The number of amidine groups is 1. The summed E-state index contributed by atoms with van der Waals surface area (Å²) >= 11 is 1.71. The lowest BCUT2D eigenvalue weighted by Gasteiger charge is -2.30. The average molecular weight is 312 g/mol. The molecule has 0 N–H and O–H groups in total. The van der Waals surface area contributed by atoms with Gasteiger partial charge in [-0.3, -0.25) is 4.99 Å². The molecule has 5 nitrogen and oxygen atoms in total. The first-order valence-corrected chi connectivity index (χ1v) is 8.37. The fourth-order valence-corrected chi connectivity index (χ4v) is 4.42. The lowest BCUT2D eigenvalue weighted by Crippen LogP contribution is -2.32. The molecular formula is C16H16N4OS. The van der Waals surface area contributed by atoms with Gasteiger partial charge in [0.15, 0.2) is 0 Å². The highest BCUT2D eigenvalue weighted by molar-refractivity contribution is 7.21. The summed E-state index contributed by atoms with van der Waals surface area (Å²) in [6.07, 6.45) is 2.76. The Morgan fingerprint density at radius 1 is 1.36 bits per heavy atom. The van der Waals surface area contributed by atoms with E-state index in [2.05, 4.69) is 34.8 Å². The lowest BCUT2D eigenvalue weighted by molar-refractivity contribution is -0.0411. The predicted molar refractivity (Wildman–Crippen MR) is 88.5 cm³/mol. The van der Waals surface area contributed by atoms with Crippen molar-refractivity contribution in [1.82, 2.24) is 9.88 Å². The molecule has 0 radical (unpaired) electrons. The van der Waals surface area contributed by atoms with Crippen LogP contribution in [0.2, 0.25) is 0 Å². The quantitative estimate of drug-likeness (QED) is 0.751. The molecule has 0 amide bonds. The normalized spacial score (nSPS) is 21.5. The van der Waals surface area contributed by atoms with Gasteiger partial charge in [0.1, 0.15) is 10.7 Å². The Morgan fingerprint density at radius 3 is 3.18 bits per heavy atom. The number of pyridine rings is 1. The molecule has 0 unspecified atom stereocenters. The fourth-order valence-electron chi connectivity index (χ4n) is 3.28. The van der Waals surface area contributed by atoms with Crippen molar-refractivity contribution in [2.45, 2.75) is 32.5 Å². The van der Waals surface area contributed by atoms with E-state index in [9.17, 15) is 0 Å². The van der Waals surface area contributed by atoms with Crippen molar-refractivity contribution in [2.24, 2.45) is 9.98 Å². The van der Waals surface area contributed by atoms with Gasteiger partial charge in [-0.25, -0.2) is 9.98 Å². The fraction of sp³-hybridized carbons (Fsp3) is 0.438. The second-order valence-corrected chi connectivity index (χ2v) is 7.59. The van der Waals surface area contributed by atoms with Crippen LogP contribution >= 0.6 is 11.3 Å². The van der Waals surface area contributed by atoms with Crippen LogP contribution in [0.25, 0.3) is 10.2 Å². The molecule has 0 bridgehead atoms. The largest absolute Gasteiger partial charge is 0.370 e. The number of ether oxygens (including phenoxy) is 1. The molecular weight excluding hydrogens is 296 g/mol. The maximum Gasteiger partial charge on any atom is 0.148 e. The molecule has 2 aromatic heterocycles. The molecule has 0 aliphatic carbocycles. The van der Waals surface area contributed by atoms with Gasteiger partial charge < -0.3 is 9.64 Å². The Hall–Kier alpha value is -1.79. The molecule has 2 aromatic rings. The lowest BCUT2D eigenvalue weighted by atomic mass is 9.95. The summed E-state index contributed by atoms with van der Waals surface area (Å²) in [5.41, 5.74) is 3.25. The zero-order valence-electron chi connectivity index (χ0n) is 12.6. The maximum absolute atomic E-state index is 5.92. The highest BCUT2D eigenvalue weighted by Crippen LogP contribution is 2.42. The van der Waals surface area contributed by atoms with E-state index in [1.807, 2.05) is 6.34 Å². The van der Waals surface area contributed by atoms with Crippen molar-refractivity contribution in [3.8, 4) is 0 Å². The summed E-state index contributed by atoms with van der Waals surface area (Å²) in [6, 6.07) is 2.21. The Balaban J connectivity index is 1.72. The SMILES string of the molecule is CC1(C)Cc2nc3sc4c(c3cc2CO1)N=CN1CCN=C41. The van der Waals surface area contributed by atoms with Crippen molar-refractivity contribution >= 4 is 39.4 Å². The number of hydrogen-bond donors (Lipinski definition) is 0. The van der Waals surface area contributed by atoms with Crippen molar-refractivity contribution in [3.63, 3.8) is 0 Å². The molecule has 22 heavy (non-hydrogen) atoms. The Morgan fingerprint density at radius 2 is 2.27 bits per heavy atom. The van der Waals surface area contributed by atoms with E-state index in [4.69, 9.17) is 9.72 Å². The van der Waals surface area contributed by atoms with Gasteiger partial charge in [-0.05, 0) is 19.9 Å². The topological polar surface area (TPSA) is 50.1 Å². The van der Waals surface area contributed by atoms with Crippen LogP contribution in [-0.4, -0.2) is 40.7 Å². The van der Waals surface area contributed by atoms with Crippen LogP contribution in [0.3, 0.4) is 0 Å². The molecule has 0 aromatic carbocycles. The highest BCUT2D eigenvalue weighted by atomic mass is 32.1. The summed E-state index contributed by atoms with van der Waals surface area (Å²) in [5.74, 6) is 1.06. The van der Waals surface area contributed by atoms with E-state index in [0.29, 0.717) is 6.61 Å². The van der Waals surface area contributed by atoms with Gasteiger partial charge >= 0.3 is 0 Å². The van der Waals surface area contributed by atoms with Crippen molar-refractivity contribution < 1.29 is 4.74 Å². The molecule has 0 fully saturated rings. The first-order valence-electron chi connectivity index (χ1n) is 7.56. The van der Waals surface area contributed by atoms with Gasteiger partial charge in [-0.1, -0.05) is 0 Å². The van der Waals surface area contributed by atoms with E-state index >= 15 is 0 Å². The first kappa shape index (κ1) is 12.7. The third-order valence-electron chi connectivity index (χ3n) is 4.44. The average Bonchev–Trinajstić information content (AvgIpc) is 3.07. The van der Waals surface area contributed by atoms with Crippen LogP contribution < -0.4 is 0 Å². The summed E-state index contributed by atoms with van der Waals surface area (Å²) in [5, 5.41) is 1.13. The number of nitrogens with zero attached hydrogens (tertiary/aromatic N) is 4. The van der Waals surface area contributed by atoms with E-state index < -0.39 is 0 Å². The summed E-state index contributed by atoms with van der Waals surface area (Å²) in [6.45, 7) is 6.65. The molecule has 112 valence electrons. The number of fused-ring (bicyclic) bond motifs is 6. The van der Waals surface area contributed by atoms with Crippen molar-refractivity contribution in [1.29, 1.82) is 0 Å². The monoisotopic (exact) mass is 312 g/mol. The zero-order valence-corrected chi connectivity index (χ0v) is 13.4. The number of aliphatic imine (C=N–C) groups is 2. The molecule has 5 heterocycles. The maximum atomic E-state index is 5.92. The van der Waals surface area contributed by atoms with Crippen LogP contribution in [0, 0.1) is 0 Å². The predicted octanol–water partition coefficient (Wildman–Crippen LogP) is 2.88. The van der Waals surface area contributed by atoms with Crippen LogP contribution in [0.1, 0.15) is 30.0 Å². The molecule has 0 atom stereocenters. The Kier molecular flexibility index (Phi) is 2.40. The summed E-state index contributed by atoms with van der Waals surface area (Å²) in [7, 11) is 0. The number of thiophene rings is 1. The van der Waals surface area contributed by atoms with E-state index in [-0.39, 0.29) is 5.60 Å². The van der Waals surface area contributed by atoms with Gasteiger partial charge in [0.05, 0.1) is 41.3 Å². The van der Waals surface area contributed by atoms with Crippen LogP contribution in [-0.2, 0) is 17.8 Å². The zero-order chi connectivity index (χ0) is 14.9. The Labute approximate surface area is 132 Å². The van der Waals surface area contributed by atoms with Crippen molar-refractivity contribution in [2.75, 3.05) is 13.1 Å². The second-order valence-electron chi connectivity index (χ2n) is 6.60. The van der Waals surface area contributed by atoms with Gasteiger partial charge in [-0.15, -0.1) is 11.3 Å². The number of aromatic nitrogens is 1. The minimum absolute atomic E-state index is 0.130. The smallest absolute Gasteiger partial charge is 0.148 e. The highest BCUT2D eigenvalue weighted by Gasteiger charge is 2.31. The van der Waals surface area contributed by atoms with E-state index in [0.717, 1.165) is 51.8 Å². The number of rotatable bonds is 0. The molecule has 3 aliphatic rings. The van der Waals surface area contributed by atoms with Gasteiger partial charge in [0.2, 0.25) is 0 Å². The number of hydrogen-bond acceptors (Lipinski definition) is 6. The minimum Gasteiger partial charge on any atom is -0.370 e. The van der Waals surface area contributed by atoms with Crippen LogP contribution in [0.4, 0.5) is 5.69 Å².